The second-order valence-electron chi connectivity index (χ2n) is 7.24. The van der Waals surface area contributed by atoms with E-state index in [1.54, 1.807) is 20.4 Å². The molecule has 1 N–H and O–H groups in total. The summed E-state index contributed by atoms with van der Waals surface area (Å²) in [5, 5.41) is 8.82. The first-order chi connectivity index (χ1) is 15.0. The first-order valence-electron chi connectivity index (χ1n) is 9.94. The number of hydrogen-bond acceptors (Lipinski definition) is 5. The van der Waals surface area contributed by atoms with Crippen LogP contribution in [0.15, 0.2) is 53.5 Å². The number of methoxy groups -OCH3 is 2. The van der Waals surface area contributed by atoms with Crippen LogP contribution in [0.1, 0.15) is 5.56 Å². The van der Waals surface area contributed by atoms with Crippen LogP contribution < -0.4 is 20.3 Å². The number of amides is 1. The number of nitrogens with one attached hydrogen (secondary N) is 1. The van der Waals surface area contributed by atoms with Gasteiger partial charge >= 0.3 is 0 Å². The highest BCUT2D eigenvalue weighted by Gasteiger charge is 2.15. The van der Waals surface area contributed by atoms with E-state index >= 15 is 0 Å². The molecule has 0 spiro atoms. The Kier molecular flexibility index (Phi) is 5.62. The molecule has 4 rings (SSSR count). The van der Waals surface area contributed by atoms with Crippen molar-refractivity contribution >= 4 is 27.7 Å². The molecule has 2 aromatic carbocycles. The van der Waals surface area contributed by atoms with Gasteiger partial charge in [-0.3, -0.25) is 9.59 Å². The van der Waals surface area contributed by atoms with Crippen LogP contribution in [0.5, 0.6) is 11.5 Å². The van der Waals surface area contributed by atoms with Gasteiger partial charge in [0.05, 0.1) is 20.4 Å². The molecule has 0 saturated heterocycles. The maximum Gasteiger partial charge on any atom is 0.291 e. The summed E-state index contributed by atoms with van der Waals surface area (Å²) in [6, 6.07) is 13.4. The van der Waals surface area contributed by atoms with Gasteiger partial charge in [-0.2, -0.15) is 5.10 Å². The number of ether oxygens (including phenoxy) is 2. The Balaban J connectivity index is 1.45. The number of benzene rings is 2. The number of aromatic nitrogens is 3. The van der Waals surface area contributed by atoms with Crippen LogP contribution >= 0.6 is 0 Å². The summed E-state index contributed by atoms with van der Waals surface area (Å²) in [5.74, 6) is 1.03. The third kappa shape index (κ3) is 3.84. The van der Waals surface area contributed by atoms with E-state index in [2.05, 4.69) is 10.4 Å². The molecule has 2 heterocycles. The van der Waals surface area contributed by atoms with Gasteiger partial charge in [-0.05, 0) is 30.2 Å². The maximum atomic E-state index is 13.0. The second kappa shape index (κ2) is 8.51. The molecular formula is C23H24N4O4. The van der Waals surface area contributed by atoms with Gasteiger partial charge in [-0.15, -0.1) is 0 Å². The smallest absolute Gasteiger partial charge is 0.291 e. The zero-order valence-corrected chi connectivity index (χ0v) is 17.7. The molecule has 0 atom stereocenters. The molecule has 160 valence electrons. The lowest BCUT2D eigenvalue weighted by molar-refractivity contribution is -0.121. The van der Waals surface area contributed by atoms with E-state index in [9.17, 15) is 9.59 Å². The van der Waals surface area contributed by atoms with E-state index in [0.29, 0.717) is 30.0 Å². The summed E-state index contributed by atoms with van der Waals surface area (Å²) < 4.78 is 13.6. The molecule has 0 aliphatic heterocycles. The first-order valence-corrected chi connectivity index (χ1v) is 9.94. The van der Waals surface area contributed by atoms with E-state index in [1.165, 1.54) is 4.68 Å². The van der Waals surface area contributed by atoms with Crippen molar-refractivity contribution in [2.45, 2.75) is 13.0 Å². The van der Waals surface area contributed by atoms with Crippen molar-refractivity contribution < 1.29 is 14.3 Å². The molecule has 0 aliphatic carbocycles. The van der Waals surface area contributed by atoms with Crippen molar-refractivity contribution in [3.05, 3.63) is 64.6 Å². The van der Waals surface area contributed by atoms with Crippen molar-refractivity contribution in [3.8, 4) is 11.5 Å². The van der Waals surface area contributed by atoms with Gasteiger partial charge in [0.2, 0.25) is 5.91 Å². The number of carbonyl (C=O) groups excluding carboxylic acids is 1. The van der Waals surface area contributed by atoms with E-state index in [4.69, 9.17) is 9.47 Å². The molecule has 1 amide bonds. The number of rotatable bonds is 7. The molecule has 4 aromatic rings. The highest BCUT2D eigenvalue weighted by molar-refractivity contribution is 6.07. The third-order valence-corrected chi connectivity index (χ3v) is 5.39. The number of para-hydroxylation sites is 1. The molecule has 0 fully saturated rings. The fourth-order valence-electron chi connectivity index (χ4n) is 3.80. The quantitative estimate of drug-likeness (QED) is 0.496. The lowest BCUT2D eigenvalue weighted by atomic mass is 10.1. The van der Waals surface area contributed by atoms with Crippen LogP contribution in [-0.2, 0) is 24.8 Å². The molecule has 0 aliphatic rings. The van der Waals surface area contributed by atoms with E-state index < -0.39 is 0 Å². The van der Waals surface area contributed by atoms with Crippen LogP contribution in [0, 0.1) is 0 Å². The minimum atomic E-state index is -0.286. The van der Waals surface area contributed by atoms with Gasteiger partial charge in [0, 0.05) is 29.9 Å². The maximum absolute atomic E-state index is 13.0. The Morgan fingerprint density at radius 2 is 1.84 bits per heavy atom. The average Bonchev–Trinajstić information content (AvgIpc) is 3.08. The lowest BCUT2D eigenvalue weighted by Crippen LogP contribution is -2.34. The van der Waals surface area contributed by atoms with Crippen molar-refractivity contribution in [1.82, 2.24) is 19.7 Å². The first kappa shape index (κ1) is 20.5. The fourth-order valence-corrected chi connectivity index (χ4v) is 3.80. The van der Waals surface area contributed by atoms with E-state index in [1.807, 2.05) is 54.1 Å². The Labute approximate surface area is 179 Å². The fraction of sp³-hybridized carbons (Fsp3) is 0.261. The van der Waals surface area contributed by atoms with Gasteiger partial charge in [-0.25, -0.2) is 4.68 Å². The summed E-state index contributed by atoms with van der Waals surface area (Å²) in [5.41, 5.74) is 2.21. The predicted molar refractivity (Wildman–Crippen MR) is 119 cm³/mol. The lowest BCUT2D eigenvalue weighted by Gasteiger charge is -2.10. The van der Waals surface area contributed by atoms with Gasteiger partial charge in [0.25, 0.3) is 5.56 Å². The molecule has 2 aromatic heterocycles. The summed E-state index contributed by atoms with van der Waals surface area (Å²) in [6.07, 6.45) is 2.27. The highest BCUT2D eigenvalue weighted by Crippen LogP contribution is 2.27. The Morgan fingerprint density at radius 1 is 1.06 bits per heavy atom. The largest absolute Gasteiger partial charge is 0.493 e. The number of carbonyl (C=O) groups is 1. The third-order valence-electron chi connectivity index (χ3n) is 5.39. The van der Waals surface area contributed by atoms with Crippen LogP contribution in [0.2, 0.25) is 0 Å². The van der Waals surface area contributed by atoms with Gasteiger partial charge < -0.3 is 19.4 Å². The topological polar surface area (TPSA) is 87.4 Å². The summed E-state index contributed by atoms with van der Waals surface area (Å²) in [7, 11) is 5.02. The average molecular weight is 420 g/mol. The van der Waals surface area contributed by atoms with Crippen molar-refractivity contribution in [2.24, 2.45) is 7.05 Å². The molecule has 8 heteroatoms. The summed E-state index contributed by atoms with van der Waals surface area (Å²) in [6.45, 7) is 0.293. The van der Waals surface area contributed by atoms with Crippen LogP contribution in [0.3, 0.4) is 0 Å². The molecule has 31 heavy (non-hydrogen) atoms. The van der Waals surface area contributed by atoms with Crippen LogP contribution in [0.4, 0.5) is 0 Å². The number of fused-ring (bicyclic) bond motifs is 3. The molecule has 0 unspecified atom stereocenters. The second-order valence-corrected chi connectivity index (χ2v) is 7.24. The Bertz CT molecular complexity index is 1320. The summed E-state index contributed by atoms with van der Waals surface area (Å²) >= 11 is 0. The normalized spacial score (nSPS) is 11.1. The molecule has 8 nitrogen and oxygen atoms in total. The number of aryl methyl sites for hydroxylation is 1. The monoisotopic (exact) mass is 420 g/mol. The van der Waals surface area contributed by atoms with Crippen LogP contribution in [0.25, 0.3) is 21.8 Å². The van der Waals surface area contributed by atoms with Crippen molar-refractivity contribution in [3.63, 3.8) is 0 Å². The van der Waals surface area contributed by atoms with Crippen LogP contribution in [-0.4, -0.2) is 41.0 Å². The zero-order valence-electron chi connectivity index (χ0n) is 17.7. The summed E-state index contributed by atoms with van der Waals surface area (Å²) in [4.78, 5) is 25.4. The molecule has 0 bridgehead atoms. The van der Waals surface area contributed by atoms with E-state index in [-0.39, 0.29) is 18.0 Å². The standard InChI is InChI=1S/C23H24N4O4/c1-26-18-7-5-4-6-16(18)17-13-25-27(23(29)22(17)26)14-21(28)24-11-10-15-8-9-19(30-2)20(12-15)31-3/h4-9,12-13H,10-11,14H2,1-3H3,(H,24,28). The molecule has 0 saturated carbocycles. The zero-order chi connectivity index (χ0) is 22.0. The van der Waals surface area contributed by atoms with Gasteiger partial charge in [0.1, 0.15) is 12.1 Å². The molecular weight excluding hydrogens is 396 g/mol. The minimum absolute atomic E-state index is 0.137. The van der Waals surface area contributed by atoms with Gasteiger partial charge in [0.15, 0.2) is 11.5 Å². The Hall–Kier alpha value is -3.81. The predicted octanol–water partition coefficient (Wildman–Crippen LogP) is 2.26. The highest BCUT2D eigenvalue weighted by atomic mass is 16.5. The van der Waals surface area contributed by atoms with Gasteiger partial charge in [-0.1, -0.05) is 24.3 Å². The van der Waals surface area contributed by atoms with Crippen molar-refractivity contribution in [2.75, 3.05) is 20.8 Å². The Morgan fingerprint density at radius 3 is 2.61 bits per heavy atom. The minimum Gasteiger partial charge on any atom is -0.493 e. The SMILES string of the molecule is COc1ccc(CCNC(=O)Cn2ncc3c4ccccc4n(C)c3c2=O)cc1OC. The number of hydrogen-bond donors (Lipinski definition) is 1. The van der Waals surface area contributed by atoms with E-state index in [0.717, 1.165) is 21.9 Å². The molecule has 0 radical (unpaired) electrons. The number of nitrogens with zero attached hydrogens (tertiary/aromatic N) is 3. The van der Waals surface area contributed by atoms with Crippen molar-refractivity contribution in [1.29, 1.82) is 0 Å².